The predicted octanol–water partition coefficient (Wildman–Crippen LogP) is 6.55. The molecule has 3 aliphatic heterocycles. The quantitative estimate of drug-likeness (QED) is 0.225. The maximum absolute atomic E-state index is 16.3. The second-order valence-corrected chi connectivity index (χ2v) is 19.1. The van der Waals surface area contributed by atoms with Crippen molar-refractivity contribution in [2.24, 2.45) is 11.8 Å². The third kappa shape index (κ3) is 8.04. The van der Waals surface area contributed by atoms with Gasteiger partial charge in [0.1, 0.15) is 11.4 Å². The SMILES string of the molecule is CNC(=O)c1ccc(S(=O)(=O)c2ccc(N3CC(F)(CN4CCC([C@@](c5cccc(F)c5)([C@H]5CCC[C@@H]5NC(=O)OC(C)(C)C)N5CCC5)CC4)C3)cc2)cc1. The number of carbonyl (C=O) groups is 2. The van der Waals surface area contributed by atoms with Crippen LogP contribution >= 0.6 is 0 Å². The Hall–Kier alpha value is -4.07. The molecular weight excluding hydrogens is 737 g/mol. The maximum Gasteiger partial charge on any atom is 0.407 e. The van der Waals surface area contributed by atoms with Crippen molar-refractivity contribution in [3.05, 3.63) is 89.7 Å². The van der Waals surface area contributed by atoms with Crippen molar-refractivity contribution in [3.63, 3.8) is 0 Å². The van der Waals surface area contributed by atoms with Crippen LogP contribution in [0.2, 0.25) is 0 Å². The monoisotopic (exact) mass is 791 g/mol. The molecule has 1 aliphatic carbocycles. The van der Waals surface area contributed by atoms with E-state index >= 15 is 8.78 Å². The molecule has 4 fully saturated rings. The van der Waals surface area contributed by atoms with Gasteiger partial charge >= 0.3 is 6.09 Å². The van der Waals surface area contributed by atoms with Crippen molar-refractivity contribution >= 4 is 27.5 Å². The molecule has 0 spiro atoms. The van der Waals surface area contributed by atoms with E-state index < -0.39 is 32.7 Å². The van der Waals surface area contributed by atoms with Crippen LogP contribution in [0.5, 0.6) is 0 Å². The normalized spacial score (nSPS) is 23.1. The van der Waals surface area contributed by atoms with Crippen LogP contribution in [0, 0.1) is 17.7 Å². The molecule has 1 saturated carbocycles. The molecule has 0 aromatic heterocycles. The van der Waals surface area contributed by atoms with Gasteiger partial charge in [-0.25, -0.2) is 22.0 Å². The van der Waals surface area contributed by atoms with Gasteiger partial charge in [0.2, 0.25) is 9.84 Å². The Kier molecular flexibility index (Phi) is 11.3. The summed E-state index contributed by atoms with van der Waals surface area (Å²) < 4.78 is 63.6. The van der Waals surface area contributed by atoms with Crippen LogP contribution in [-0.4, -0.2) is 100 Å². The number of alkyl halides is 1. The molecule has 302 valence electrons. The van der Waals surface area contributed by atoms with Crippen LogP contribution in [0.15, 0.2) is 82.6 Å². The first-order chi connectivity index (χ1) is 26.6. The number of nitrogens with one attached hydrogen (secondary N) is 2. The Labute approximate surface area is 329 Å². The van der Waals surface area contributed by atoms with E-state index in [4.69, 9.17) is 4.74 Å². The first-order valence-electron chi connectivity index (χ1n) is 20.0. The molecule has 2 amide bonds. The van der Waals surface area contributed by atoms with Crippen molar-refractivity contribution in [2.75, 3.05) is 57.8 Å². The van der Waals surface area contributed by atoms with E-state index in [2.05, 4.69) is 26.5 Å². The minimum Gasteiger partial charge on any atom is -0.444 e. The molecule has 13 heteroatoms. The summed E-state index contributed by atoms with van der Waals surface area (Å²) in [6.45, 7) is 9.56. The first-order valence-corrected chi connectivity index (χ1v) is 21.4. The molecule has 10 nitrogen and oxygen atoms in total. The highest BCUT2D eigenvalue weighted by Crippen LogP contribution is 2.54. The number of alkyl carbamates (subject to hydrolysis) is 1. The second-order valence-electron chi connectivity index (χ2n) is 17.1. The fourth-order valence-corrected chi connectivity index (χ4v) is 11.0. The third-order valence-electron chi connectivity index (χ3n) is 12.3. The number of hydrogen-bond acceptors (Lipinski definition) is 8. The van der Waals surface area contributed by atoms with Gasteiger partial charge in [-0.05, 0) is 138 Å². The Morgan fingerprint density at radius 3 is 2.09 bits per heavy atom. The van der Waals surface area contributed by atoms with Gasteiger partial charge in [0.25, 0.3) is 5.91 Å². The van der Waals surface area contributed by atoms with Gasteiger partial charge in [-0.15, -0.1) is 0 Å². The van der Waals surface area contributed by atoms with Crippen LogP contribution in [0.25, 0.3) is 0 Å². The molecule has 3 aromatic carbocycles. The molecule has 7 rings (SSSR count). The van der Waals surface area contributed by atoms with Crippen molar-refractivity contribution in [1.82, 2.24) is 20.4 Å². The summed E-state index contributed by atoms with van der Waals surface area (Å²) >= 11 is 0. The zero-order valence-electron chi connectivity index (χ0n) is 32.9. The van der Waals surface area contributed by atoms with Crippen molar-refractivity contribution < 1.29 is 31.5 Å². The number of anilines is 1. The van der Waals surface area contributed by atoms with Crippen molar-refractivity contribution in [1.29, 1.82) is 0 Å². The van der Waals surface area contributed by atoms with E-state index in [-0.39, 0.29) is 52.5 Å². The van der Waals surface area contributed by atoms with Gasteiger partial charge in [-0.3, -0.25) is 14.6 Å². The smallest absolute Gasteiger partial charge is 0.407 e. The van der Waals surface area contributed by atoms with Crippen LogP contribution in [-0.2, 0) is 20.1 Å². The minimum atomic E-state index is -3.80. The molecule has 0 bridgehead atoms. The molecule has 56 heavy (non-hydrogen) atoms. The van der Waals surface area contributed by atoms with Gasteiger partial charge in [-0.1, -0.05) is 18.6 Å². The summed E-state index contributed by atoms with van der Waals surface area (Å²) in [5.74, 6) is -0.311. The lowest BCUT2D eigenvalue weighted by molar-refractivity contribution is -0.0885. The highest BCUT2D eigenvalue weighted by molar-refractivity contribution is 7.91. The molecule has 3 saturated heterocycles. The van der Waals surface area contributed by atoms with Crippen molar-refractivity contribution in [3.8, 4) is 0 Å². The zero-order valence-corrected chi connectivity index (χ0v) is 33.7. The first kappa shape index (κ1) is 40.1. The number of amides is 2. The van der Waals surface area contributed by atoms with Crippen molar-refractivity contribution in [2.45, 2.75) is 91.9 Å². The molecule has 2 N–H and O–H groups in total. The average Bonchev–Trinajstić information content (AvgIpc) is 3.59. The lowest BCUT2D eigenvalue weighted by atomic mass is 9.62. The topological polar surface area (TPSA) is 111 Å². The Balaban J connectivity index is 1.01. The fraction of sp³-hybridized carbons (Fsp3) is 0.535. The number of hydrogen-bond donors (Lipinski definition) is 2. The van der Waals surface area contributed by atoms with E-state index in [0.29, 0.717) is 12.1 Å². The maximum atomic E-state index is 16.3. The largest absolute Gasteiger partial charge is 0.444 e. The Morgan fingerprint density at radius 2 is 1.52 bits per heavy atom. The van der Waals surface area contributed by atoms with Gasteiger partial charge in [0.05, 0.1) is 28.4 Å². The number of carbonyl (C=O) groups excluding carboxylic acids is 2. The standard InChI is InChI=1S/C43H55F2N5O5S/c1-41(2,3)55-40(52)47-38-11-6-10-37(38)43(50-22-7-23-50,32-8-5-9-33(44)26-32)31-20-24-48(25-21-31)27-42(45)28-49(29-42)34-14-18-36(19-15-34)56(53,54)35-16-12-30(13-17-35)39(51)46-4/h5,8-9,12-19,26,31,37-38H,6-7,10-11,20-25,27-29H2,1-4H3,(H,46,51)(H,47,52)/t37-,38-,43+/m0/s1. The average molecular weight is 792 g/mol. The van der Waals surface area contributed by atoms with E-state index in [1.807, 2.05) is 25.7 Å². The van der Waals surface area contributed by atoms with Gasteiger partial charge in [0, 0.05) is 49.9 Å². The highest BCUT2D eigenvalue weighted by Gasteiger charge is 2.57. The number of likely N-dealkylation sites (tertiary alicyclic amines) is 2. The number of benzene rings is 3. The number of piperidine rings is 1. The van der Waals surface area contributed by atoms with E-state index in [1.54, 1.807) is 36.4 Å². The van der Waals surface area contributed by atoms with Gasteiger partial charge in [0.15, 0.2) is 5.67 Å². The van der Waals surface area contributed by atoms with Crippen LogP contribution in [0.3, 0.4) is 0 Å². The number of sulfone groups is 1. The number of halogens is 2. The molecule has 3 aromatic rings. The van der Waals surface area contributed by atoms with Gasteiger partial charge < -0.3 is 20.3 Å². The number of nitrogens with zero attached hydrogens (tertiary/aromatic N) is 3. The van der Waals surface area contributed by atoms with E-state index in [0.717, 1.165) is 76.0 Å². The lowest BCUT2D eigenvalue weighted by Gasteiger charge is -2.59. The fourth-order valence-electron chi connectivity index (χ4n) is 9.72. The molecular formula is C43H55F2N5O5S. The van der Waals surface area contributed by atoms with E-state index in [9.17, 15) is 18.0 Å². The van der Waals surface area contributed by atoms with Crippen LogP contribution in [0.1, 0.15) is 75.2 Å². The summed E-state index contributed by atoms with van der Waals surface area (Å²) in [6, 6.07) is 19.3. The van der Waals surface area contributed by atoms with Crippen LogP contribution in [0.4, 0.5) is 19.3 Å². The second kappa shape index (κ2) is 15.7. The zero-order chi connectivity index (χ0) is 39.9. The minimum absolute atomic E-state index is 0.0670. The molecule has 0 radical (unpaired) electrons. The molecule has 4 aliphatic rings. The predicted molar refractivity (Wildman–Crippen MR) is 212 cm³/mol. The number of ether oxygens (including phenoxy) is 1. The Bertz CT molecular complexity index is 1990. The third-order valence-corrected chi connectivity index (χ3v) is 14.1. The Morgan fingerprint density at radius 1 is 0.875 bits per heavy atom. The summed E-state index contributed by atoms with van der Waals surface area (Å²) in [7, 11) is -2.28. The summed E-state index contributed by atoms with van der Waals surface area (Å²) in [5, 5.41) is 5.75. The molecule has 3 heterocycles. The summed E-state index contributed by atoms with van der Waals surface area (Å²) in [5.41, 5.74) is -0.410. The highest BCUT2D eigenvalue weighted by atomic mass is 32.2. The van der Waals surface area contributed by atoms with E-state index in [1.165, 1.54) is 37.4 Å². The number of rotatable bonds is 11. The van der Waals surface area contributed by atoms with Crippen LogP contribution < -0.4 is 15.5 Å². The molecule has 0 unspecified atom stereocenters. The summed E-state index contributed by atoms with van der Waals surface area (Å²) in [6.07, 6.45) is 5.01. The molecule has 3 atom stereocenters. The summed E-state index contributed by atoms with van der Waals surface area (Å²) in [4.78, 5) is 31.8. The van der Waals surface area contributed by atoms with Gasteiger partial charge in [-0.2, -0.15) is 0 Å². The lowest BCUT2D eigenvalue weighted by Crippen LogP contribution is -2.66.